The molecule has 0 aliphatic rings. The maximum atomic E-state index is 13.3. The molecule has 0 saturated carbocycles. The van der Waals surface area contributed by atoms with Crippen LogP contribution in [-0.4, -0.2) is 14.8 Å². The molecule has 0 atom stereocenters. The molecule has 1 heterocycles. The summed E-state index contributed by atoms with van der Waals surface area (Å²) in [6.07, 6.45) is 0.915. The van der Waals surface area contributed by atoms with Crippen molar-refractivity contribution in [1.82, 2.24) is 14.8 Å². The summed E-state index contributed by atoms with van der Waals surface area (Å²) in [6, 6.07) is 3.91. The topological polar surface area (TPSA) is 77.0 Å². The van der Waals surface area contributed by atoms with Gasteiger partial charge in [-0.2, -0.15) is 5.10 Å². The van der Waals surface area contributed by atoms with Gasteiger partial charge in [-0.1, -0.05) is 23.2 Å². The van der Waals surface area contributed by atoms with Gasteiger partial charge >= 0.3 is 5.69 Å². The van der Waals surface area contributed by atoms with Crippen LogP contribution < -0.4 is 16.0 Å². The lowest BCUT2D eigenvalue weighted by Gasteiger charge is -2.12. The summed E-state index contributed by atoms with van der Waals surface area (Å²) >= 11 is 12.3. The van der Waals surface area contributed by atoms with Crippen LogP contribution in [0.2, 0.25) is 10.0 Å². The van der Waals surface area contributed by atoms with Crippen molar-refractivity contribution in [1.29, 1.82) is 0 Å². The molecule has 0 spiro atoms. The lowest BCUT2D eigenvalue weighted by molar-refractivity contribution is 0.423. The first-order valence-electron chi connectivity index (χ1n) is 7.21. The van der Waals surface area contributed by atoms with E-state index in [1.165, 1.54) is 12.1 Å². The molecular formula is C16H8Cl2F3N3O3. The van der Waals surface area contributed by atoms with E-state index >= 15 is 0 Å². The summed E-state index contributed by atoms with van der Waals surface area (Å²) in [6.45, 7) is -0.145. The van der Waals surface area contributed by atoms with E-state index in [-0.39, 0.29) is 28.1 Å². The minimum absolute atomic E-state index is 0.0286. The van der Waals surface area contributed by atoms with Crippen LogP contribution in [0.25, 0.3) is 0 Å². The van der Waals surface area contributed by atoms with Crippen molar-refractivity contribution in [2.75, 3.05) is 0 Å². The van der Waals surface area contributed by atoms with Crippen molar-refractivity contribution >= 4 is 23.2 Å². The molecular weight excluding hydrogens is 410 g/mol. The number of H-pyrrole nitrogens is 1. The van der Waals surface area contributed by atoms with E-state index in [2.05, 4.69) is 5.10 Å². The zero-order valence-corrected chi connectivity index (χ0v) is 14.6. The van der Waals surface area contributed by atoms with Gasteiger partial charge in [-0.15, -0.1) is 0 Å². The zero-order chi connectivity index (χ0) is 19.7. The molecule has 0 saturated heterocycles. The van der Waals surface area contributed by atoms with Gasteiger partial charge in [0.15, 0.2) is 17.5 Å². The first-order valence-corrected chi connectivity index (χ1v) is 7.97. The van der Waals surface area contributed by atoms with E-state index < -0.39 is 28.7 Å². The number of rotatable bonds is 4. The fourth-order valence-corrected chi connectivity index (χ4v) is 2.74. The summed E-state index contributed by atoms with van der Waals surface area (Å²) in [5.74, 6) is -4.72. The van der Waals surface area contributed by atoms with Crippen molar-refractivity contribution in [2.45, 2.75) is 6.54 Å². The normalized spacial score (nSPS) is 10.9. The predicted molar refractivity (Wildman–Crippen MR) is 91.1 cm³/mol. The minimum atomic E-state index is -1.62. The molecule has 27 heavy (non-hydrogen) atoms. The van der Waals surface area contributed by atoms with Crippen LogP contribution in [0, 0.1) is 17.5 Å². The third-order valence-corrected chi connectivity index (χ3v) is 4.07. The van der Waals surface area contributed by atoms with E-state index in [0.29, 0.717) is 17.7 Å². The van der Waals surface area contributed by atoms with Crippen LogP contribution in [0.5, 0.6) is 11.5 Å². The highest BCUT2D eigenvalue weighted by Crippen LogP contribution is 2.33. The lowest BCUT2D eigenvalue weighted by Crippen LogP contribution is -2.31. The van der Waals surface area contributed by atoms with Crippen molar-refractivity contribution in [2.24, 2.45) is 0 Å². The van der Waals surface area contributed by atoms with Gasteiger partial charge < -0.3 is 4.74 Å². The number of hydrogen-bond acceptors (Lipinski definition) is 4. The highest BCUT2D eigenvalue weighted by Gasteiger charge is 2.15. The number of halogens is 5. The largest absolute Gasteiger partial charge is 0.457 e. The second-order valence-corrected chi connectivity index (χ2v) is 6.08. The molecule has 0 fully saturated rings. The van der Waals surface area contributed by atoms with Gasteiger partial charge in [0.2, 0.25) is 0 Å². The molecule has 2 aromatic carbocycles. The Labute approximate surface area is 158 Å². The number of nitrogens with one attached hydrogen (secondary N) is 1. The Balaban J connectivity index is 1.91. The fourth-order valence-electron chi connectivity index (χ4n) is 2.16. The van der Waals surface area contributed by atoms with Crippen molar-refractivity contribution in [3.63, 3.8) is 0 Å². The molecule has 1 N–H and O–H groups in total. The van der Waals surface area contributed by atoms with E-state index in [1.54, 1.807) is 0 Å². The maximum absolute atomic E-state index is 13.3. The Morgan fingerprint density at radius 1 is 1.00 bits per heavy atom. The molecule has 0 radical (unpaired) electrons. The second-order valence-electron chi connectivity index (χ2n) is 5.27. The first kappa shape index (κ1) is 19.0. The quantitative estimate of drug-likeness (QED) is 0.659. The molecule has 11 heteroatoms. The Morgan fingerprint density at radius 2 is 1.56 bits per heavy atom. The second kappa shape index (κ2) is 7.45. The Hall–Kier alpha value is -2.78. The third kappa shape index (κ3) is 4.15. The predicted octanol–water partition coefficient (Wildman–Crippen LogP) is 3.50. The fraction of sp³-hybridized carbons (Fsp3) is 0.0625. The molecule has 0 bridgehead atoms. The molecule has 140 valence electrons. The van der Waals surface area contributed by atoms with Gasteiger partial charge in [0.1, 0.15) is 17.7 Å². The molecule has 0 aliphatic carbocycles. The SMILES string of the molecule is O=c1cnn(Cc2c(Cl)cc(Oc3cc(F)c(F)c(F)c3)cc2Cl)c(=O)[nH]1. The average molecular weight is 418 g/mol. The number of nitrogens with zero attached hydrogens (tertiary/aromatic N) is 2. The third-order valence-electron chi connectivity index (χ3n) is 3.39. The van der Waals surface area contributed by atoms with Crippen molar-refractivity contribution in [3.8, 4) is 11.5 Å². The Bertz CT molecular complexity index is 1100. The first-order chi connectivity index (χ1) is 12.7. The molecule has 0 aliphatic heterocycles. The monoisotopic (exact) mass is 417 g/mol. The van der Waals surface area contributed by atoms with Crippen LogP contribution in [-0.2, 0) is 6.54 Å². The summed E-state index contributed by atoms with van der Waals surface area (Å²) in [5.41, 5.74) is -1.12. The van der Waals surface area contributed by atoms with Crippen molar-refractivity contribution < 1.29 is 17.9 Å². The lowest BCUT2D eigenvalue weighted by atomic mass is 10.2. The van der Waals surface area contributed by atoms with Crippen LogP contribution in [0.4, 0.5) is 13.2 Å². The van der Waals surface area contributed by atoms with Gasteiger partial charge in [-0.25, -0.2) is 22.6 Å². The molecule has 3 aromatic rings. The number of benzene rings is 2. The minimum Gasteiger partial charge on any atom is -0.457 e. The molecule has 1 aromatic heterocycles. The van der Waals surface area contributed by atoms with Gasteiger partial charge in [0.05, 0.1) is 16.6 Å². The molecule has 6 nitrogen and oxygen atoms in total. The van der Waals surface area contributed by atoms with Crippen molar-refractivity contribution in [3.05, 3.63) is 84.4 Å². The van der Waals surface area contributed by atoms with Crippen LogP contribution in [0.3, 0.4) is 0 Å². The summed E-state index contributed by atoms with van der Waals surface area (Å²) < 4.78 is 45.7. The van der Waals surface area contributed by atoms with Crippen LogP contribution >= 0.6 is 23.2 Å². The number of hydrogen-bond donors (Lipinski definition) is 1. The number of aromatic amines is 1. The average Bonchev–Trinajstić information content (AvgIpc) is 2.57. The molecule has 0 unspecified atom stereocenters. The summed E-state index contributed by atoms with van der Waals surface area (Å²) in [5, 5.41) is 3.81. The highest BCUT2D eigenvalue weighted by molar-refractivity contribution is 6.36. The smallest absolute Gasteiger partial charge is 0.345 e. The van der Waals surface area contributed by atoms with E-state index in [9.17, 15) is 22.8 Å². The van der Waals surface area contributed by atoms with Gasteiger partial charge in [0, 0.05) is 17.7 Å². The zero-order valence-electron chi connectivity index (χ0n) is 13.1. The van der Waals surface area contributed by atoms with Gasteiger partial charge in [-0.05, 0) is 12.1 Å². The van der Waals surface area contributed by atoms with E-state index in [0.717, 1.165) is 10.9 Å². The number of ether oxygens (including phenoxy) is 1. The standard InChI is InChI=1S/C16H8Cl2F3N3O3/c17-10-1-7(27-8-3-12(19)15(21)13(20)4-8)2-11(18)9(10)6-24-16(26)23-14(25)5-22-24/h1-5H,6H2,(H,23,25,26). The Morgan fingerprint density at radius 3 is 2.11 bits per heavy atom. The summed E-state index contributed by atoms with van der Waals surface area (Å²) in [7, 11) is 0. The van der Waals surface area contributed by atoms with E-state index in [1.807, 2.05) is 4.98 Å². The summed E-state index contributed by atoms with van der Waals surface area (Å²) in [4.78, 5) is 24.8. The highest BCUT2D eigenvalue weighted by atomic mass is 35.5. The molecule has 0 amide bonds. The van der Waals surface area contributed by atoms with E-state index in [4.69, 9.17) is 27.9 Å². The number of aromatic nitrogens is 3. The van der Waals surface area contributed by atoms with Gasteiger partial charge in [-0.3, -0.25) is 9.78 Å². The van der Waals surface area contributed by atoms with Crippen LogP contribution in [0.15, 0.2) is 40.1 Å². The van der Waals surface area contributed by atoms with Gasteiger partial charge in [0.25, 0.3) is 5.56 Å². The Kier molecular flexibility index (Phi) is 5.24. The molecule has 3 rings (SSSR count). The van der Waals surface area contributed by atoms with Crippen LogP contribution in [0.1, 0.15) is 5.56 Å². The maximum Gasteiger partial charge on any atom is 0.345 e.